The second-order valence-corrected chi connectivity index (χ2v) is 4.17. The van der Waals surface area contributed by atoms with E-state index in [4.69, 9.17) is 5.73 Å². The maximum Gasteiger partial charge on any atom is 0.163 e. The van der Waals surface area contributed by atoms with Crippen LogP contribution in [0.1, 0.15) is 22.8 Å². The van der Waals surface area contributed by atoms with Crippen LogP contribution in [0.3, 0.4) is 0 Å². The Balaban J connectivity index is 2.37. The molecule has 0 amide bonds. The number of hydrogen-bond donors (Lipinski definition) is 2. The summed E-state index contributed by atoms with van der Waals surface area (Å²) in [6, 6.07) is 9.18. The first-order valence-electron chi connectivity index (χ1n) is 5.67. The molecule has 2 aromatic rings. The van der Waals surface area contributed by atoms with Gasteiger partial charge < -0.3 is 11.1 Å². The van der Waals surface area contributed by atoms with Crippen molar-refractivity contribution >= 4 is 23.0 Å². The van der Waals surface area contributed by atoms with Gasteiger partial charge in [-0.15, -0.1) is 0 Å². The zero-order valence-corrected chi connectivity index (χ0v) is 10.4. The largest absolute Gasteiger partial charge is 0.397 e. The van der Waals surface area contributed by atoms with Crippen LogP contribution in [0.5, 0.6) is 0 Å². The molecule has 0 bridgehead atoms. The molecular weight excluding hydrogens is 226 g/mol. The predicted molar refractivity (Wildman–Crippen MR) is 73.1 cm³/mol. The molecule has 1 aromatic heterocycles. The number of Topliss-reactive ketones (excluding diaryl/α,β-unsaturated/α-hetero) is 1. The first-order valence-corrected chi connectivity index (χ1v) is 5.67. The van der Waals surface area contributed by atoms with Crippen molar-refractivity contribution in [3.8, 4) is 0 Å². The highest BCUT2D eigenvalue weighted by Crippen LogP contribution is 2.24. The summed E-state index contributed by atoms with van der Waals surface area (Å²) < 4.78 is 0. The molecule has 1 heterocycles. The van der Waals surface area contributed by atoms with E-state index in [0.717, 1.165) is 11.3 Å². The summed E-state index contributed by atoms with van der Waals surface area (Å²) in [5.41, 5.74) is 8.95. The first kappa shape index (κ1) is 12.1. The van der Waals surface area contributed by atoms with E-state index in [1.165, 1.54) is 6.92 Å². The Kier molecular flexibility index (Phi) is 3.28. The number of pyridine rings is 1. The van der Waals surface area contributed by atoms with Crippen LogP contribution in [-0.4, -0.2) is 10.8 Å². The second kappa shape index (κ2) is 4.87. The molecule has 0 aliphatic heterocycles. The molecule has 3 N–H and O–H groups in total. The summed E-state index contributed by atoms with van der Waals surface area (Å²) in [5.74, 6) is 0.497. The van der Waals surface area contributed by atoms with E-state index in [-0.39, 0.29) is 5.78 Å². The van der Waals surface area contributed by atoms with Crippen molar-refractivity contribution in [3.05, 3.63) is 47.7 Å². The molecule has 18 heavy (non-hydrogen) atoms. The number of aromatic nitrogens is 1. The van der Waals surface area contributed by atoms with Crippen molar-refractivity contribution < 1.29 is 4.79 Å². The zero-order chi connectivity index (χ0) is 13.1. The molecule has 4 nitrogen and oxygen atoms in total. The SMILES string of the molecule is CC(=O)c1cccnc1Nc1ccc(C)cc1N. The van der Waals surface area contributed by atoms with E-state index >= 15 is 0 Å². The van der Waals surface area contributed by atoms with Gasteiger partial charge in [-0.3, -0.25) is 4.79 Å². The minimum atomic E-state index is -0.0312. The summed E-state index contributed by atoms with van der Waals surface area (Å²) >= 11 is 0. The smallest absolute Gasteiger partial charge is 0.163 e. The molecule has 0 radical (unpaired) electrons. The van der Waals surface area contributed by atoms with E-state index in [2.05, 4.69) is 10.3 Å². The molecule has 0 saturated carbocycles. The molecule has 0 fully saturated rings. The van der Waals surface area contributed by atoms with Crippen molar-refractivity contribution in [1.29, 1.82) is 0 Å². The van der Waals surface area contributed by atoms with Crippen LogP contribution in [0, 0.1) is 6.92 Å². The Morgan fingerprint density at radius 2 is 2.11 bits per heavy atom. The van der Waals surface area contributed by atoms with E-state index < -0.39 is 0 Å². The lowest BCUT2D eigenvalue weighted by Crippen LogP contribution is -2.04. The molecular formula is C14H15N3O. The minimum absolute atomic E-state index is 0.0312. The van der Waals surface area contributed by atoms with Crippen LogP contribution in [0.2, 0.25) is 0 Å². The lowest BCUT2D eigenvalue weighted by atomic mass is 10.1. The Bertz CT molecular complexity index is 593. The molecule has 2 rings (SSSR count). The van der Waals surface area contributed by atoms with Gasteiger partial charge in [0.2, 0.25) is 0 Å². The minimum Gasteiger partial charge on any atom is -0.397 e. The number of ketones is 1. The number of nitrogens with zero attached hydrogens (tertiary/aromatic N) is 1. The van der Waals surface area contributed by atoms with Crippen LogP contribution in [-0.2, 0) is 0 Å². The normalized spacial score (nSPS) is 10.1. The van der Waals surface area contributed by atoms with Crippen LogP contribution < -0.4 is 11.1 Å². The van der Waals surface area contributed by atoms with E-state index in [0.29, 0.717) is 17.1 Å². The average molecular weight is 241 g/mol. The van der Waals surface area contributed by atoms with Crippen molar-refractivity contribution in [2.24, 2.45) is 0 Å². The summed E-state index contributed by atoms with van der Waals surface area (Å²) in [4.78, 5) is 15.7. The van der Waals surface area contributed by atoms with Gasteiger partial charge in [-0.1, -0.05) is 6.07 Å². The quantitative estimate of drug-likeness (QED) is 0.640. The van der Waals surface area contributed by atoms with Gasteiger partial charge in [0, 0.05) is 6.20 Å². The van der Waals surface area contributed by atoms with Gasteiger partial charge in [-0.2, -0.15) is 0 Å². The third kappa shape index (κ3) is 2.48. The van der Waals surface area contributed by atoms with Gasteiger partial charge >= 0.3 is 0 Å². The highest BCUT2D eigenvalue weighted by Gasteiger charge is 2.09. The molecule has 0 aliphatic rings. The van der Waals surface area contributed by atoms with Crippen molar-refractivity contribution in [2.75, 3.05) is 11.1 Å². The fourth-order valence-corrected chi connectivity index (χ4v) is 1.71. The van der Waals surface area contributed by atoms with Gasteiger partial charge in [0.15, 0.2) is 5.78 Å². The average Bonchev–Trinajstić information content (AvgIpc) is 2.33. The van der Waals surface area contributed by atoms with Crippen LogP contribution in [0.25, 0.3) is 0 Å². The number of nitrogens with two attached hydrogens (primary N) is 1. The Hall–Kier alpha value is -2.36. The number of anilines is 3. The number of nitrogen functional groups attached to an aromatic ring is 1. The summed E-state index contributed by atoms with van der Waals surface area (Å²) in [6.45, 7) is 3.49. The number of aryl methyl sites for hydroxylation is 1. The highest BCUT2D eigenvalue weighted by atomic mass is 16.1. The van der Waals surface area contributed by atoms with Crippen LogP contribution in [0.15, 0.2) is 36.5 Å². The zero-order valence-electron chi connectivity index (χ0n) is 10.4. The summed E-state index contributed by atoms with van der Waals surface area (Å²) in [6.07, 6.45) is 1.64. The number of carbonyl (C=O) groups is 1. The van der Waals surface area contributed by atoms with E-state index in [1.54, 1.807) is 18.3 Å². The van der Waals surface area contributed by atoms with Gasteiger partial charge in [-0.05, 0) is 43.7 Å². The molecule has 0 unspecified atom stereocenters. The Morgan fingerprint density at radius 1 is 1.33 bits per heavy atom. The van der Waals surface area contributed by atoms with Crippen molar-refractivity contribution in [3.63, 3.8) is 0 Å². The highest BCUT2D eigenvalue weighted by molar-refractivity contribution is 5.99. The molecule has 0 spiro atoms. The monoisotopic (exact) mass is 241 g/mol. The van der Waals surface area contributed by atoms with E-state index in [9.17, 15) is 4.79 Å². The van der Waals surface area contributed by atoms with Crippen LogP contribution in [0.4, 0.5) is 17.2 Å². The summed E-state index contributed by atoms with van der Waals surface area (Å²) in [7, 11) is 0. The Morgan fingerprint density at radius 3 is 2.78 bits per heavy atom. The van der Waals surface area contributed by atoms with Crippen molar-refractivity contribution in [1.82, 2.24) is 4.98 Å². The lowest BCUT2D eigenvalue weighted by Gasteiger charge is -2.11. The first-order chi connectivity index (χ1) is 8.58. The topological polar surface area (TPSA) is 68.0 Å². The third-order valence-corrected chi connectivity index (χ3v) is 2.65. The summed E-state index contributed by atoms with van der Waals surface area (Å²) in [5, 5.41) is 3.09. The van der Waals surface area contributed by atoms with Crippen LogP contribution >= 0.6 is 0 Å². The van der Waals surface area contributed by atoms with Gasteiger partial charge in [0.05, 0.1) is 16.9 Å². The number of rotatable bonds is 3. The molecule has 1 aromatic carbocycles. The molecule has 0 aliphatic carbocycles. The fraction of sp³-hybridized carbons (Fsp3) is 0.143. The Labute approximate surface area is 106 Å². The van der Waals surface area contributed by atoms with Crippen molar-refractivity contribution in [2.45, 2.75) is 13.8 Å². The van der Waals surface area contributed by atoms with E-state index in [1.807, 2.05) is 25.1 Å². The number of benzene rings is 1. The lowest BCUT2D eigenvalue weighted by molar-refractivity contribution is 0.101. The standard InChI is InChI=1S/C14H15N3O/c1-9-5-6-13(12(15)8-9)17-14-11(10(2)18)4-3-7-16-14/h3-8H,15H2,1-2H3,(H,16,17). The van der Waals surface area contributed by atoms with Gasteiger partial charge in [0.1, 0.15) is 5.82 Å². The second-order valence-electron chi connectivity index (χ2n) is 4.17. The number of hydrogen-bond acceptors (Lipinski definition) is 4. The predicted octanol–water partition coefficient (Wildman–Crippen LogP) is 2.92. The van der Waals surface area contributed by atoms with Gasteiger partial charge in [-0.25, -0.2) is 4.98 Å². The molecule has 0 atom stereocenters. The number of carbonyl (C=O) groups excluding carboxylic acids is 1. The fourth-order valence-electron chi connectivity index (χ4n) is 1.71. The maximum atomic E-state index is 11.5. The molecule has 92 valence electrons. The molecule has 0 saturated heterocycles. The van der Waals surface area contributed by atoms with Gasteiger partial charge in [0.25, 0.3) is 0 Å². The third-order valence-electron chi connectivity index (χ3n) is 2.65. The maximum absolute atomic E-state index is 11.5. The number of nitrogens with one attached hydrogen (secondary N) is 1. The molecule has 4 heteroatoms.